The van der Waals surface area contributed by atoms with Gasteiger partial charge in [0, 0.05) is 72.1 Å². The van der Waals surface area contributed by atoms with Crippen LogP contribution in [0.3, 0.4) is 0 Å². The van der Waals surface area contributed by atoms with E-state index < -0.39 is 0 Å². The van der Waals surface area contributed by atoms with Gasteiger partial charge in [0.2, 0.25) is 0 Å². The van der Waals surface area contributed by atoms with Gasteiger partial charge in [-0.1, -0.05) is 12.1 Å². The van der Waals surface area contributed by atoms with Gasteiger partial charge in [-0.05, 0) is 43.5 Å². The fraction of sp³-hybridized carbons (Fsp3) is 0.321. The predicted octanol–water partition coefficient (Wildman–Crippen LogP) is 4.50. The highest BCUT2D eigenvalue weighted by molar-refractivity contribution is 5.95. The number of likely N-dealkylation sites (tertiary alicyclic amines) is 1. The summed E-state index contributed by atoms with van der Waals surface area (Å²) in [6, 6.07) is 9.09. The van der Waals surface area contributed by atoms with Gasteiger partial charge in [-0.3, -0.25) is 9.36 Å². The Bertz CT molecular complexity index is 1510. The predicted molar refractivity (Wildman–Crippen MR) is 140 cm³/mol. The molecule has 0 saturated carbocycles. The minimum atomic E-state index is -0.295. The number of nitrogens with one attached hydrogen (secondary N) is 1. The number of hydrogen-bond acceptors (Lipinski definition) is 5. The van der Waals surface area contributed by atoms with Crippen LogP contribution in [0.1, 0.15) is 31.4 Å². The topological polar surface area (TPSA) is 87.8 Å². The molecule has 1 saturated heterocycles. The van der Waals surface area contributed by atoms with Gasteiger partial charge < -0.3 is 15.0 Å². The van der Waals surface area contributed by atoms with E-state index in [1.807, 2.05) is 48.7 Å². The zero-order valence-electron chi connectivity index (χ0n) is 20.8. The number of pyridine rings is 1. The van der Waals surface area contributed by atoms with Crippen molar-refractivity contribution in [1.29, 1.82) is 0 Å². The number of piperidine rings is 1. The molecule has 0 unspecified atom stereocenters. The van der Waals surface area contributed by atoms with Crippen LogP contribution in [0.2, 0.25) is 0 Å². The first kappa shape index (κ1) is 23.6. The van der Waals surface area contributed by atoms with Crippen molar-refractivity contribution in [1.82, 2.24) is 34.4 Å². The second-order valence-corrected chi connectivity index (χ2v) is 9.97. The summed E-state index contributed by atoms with van der Waals surface area (Å²) in [5.74, 6) is -0.245. The normalized spacial score (nSPS) is 16.0. The molecule has 0 radical (unpaired) electrons. The highest BCUT2D eigenvalue weighted by Gasteiger charge is 2.22. The first-order chi connectivity index (χ1) is 18.0. The third-order valence-electron chi connectivity index (χ3n) is 7.10. The Kier molecular flexibility index (Phi) is 6.31. The molecule has 2 N–H and O–H groups in total. The molecule has 1 aromatic carbocycles. The van der Waals surface area contributed by atoms with Crippen LogP contribution in [0.15, 0.2) is 67.5 Å². The zero-order chi connectivity index (χ0) is 25.4. The molecule has 1 atom stereocenters. The Morgan fingerprint density at radius 2 is 1.89 bits per heavy atom. The molecular formula is C28H30FN7O. The maximum atomic E-state index is 13.6. The number of nitrogens with zero attached hydrogens (tertiary/aromatic N) is 6. The Labute approximate surface area is 214 Å². The summed E-state index contributed by atoms with van der Waals surface area (Å²) in [6.07, 6.45) is 13.4. The monoisotopic (exact) mass is 499 g/mol. The van der Waals surface area contributed by atoms with E-state index in [9.17, 15) is 9.50 Å². The number of aliphatic hydroxyl groups is 1. The molecule has 37 heavy (non-hydrogen) atoms. The average molecular weight is 500 g/mol. The van der Waals surface area contributed by atoms with Gasteiger partial charge in [-0.15, -0.1) is 0 Å². The molecule has 4 aromatic heterocycles. The van der Waals surface area contributed by atoms with Crippen molar-refractivity contribution in [3.8, 4) is 22.3 Å². The number of H-pyrrole nitrogens is 1. The standard InChI is InChI=1S/C28H30FN7O/c1-19(37)15-34-7-5-25(6-8-34)36-18-22(12-33-36)21-10-26-27(14-31-28(26)30-11-21)23-13-32-35(17-23)16-20-3-2-4-24(29)9-20/h2-4,9-14,17-19,25,37H,5-8,15-16H2,1H3,(H,30,31)/t19-/m0/s1. The van der Waals surface area contributed by atoms with Gasteiger partial charge >= 0.3 is 0 Å². The average Bonchev–Trinajstić information content (AvgIpc) is 3.63. The van der Waals surface area contributed by atoms with Crippen LogP contribution < -0.4 is 0 Å². The maximum Gasteiger partial charge on any atom is 0.137 e. The van der Waals surface area contributed by atoms with Crippen LogP contribution in [0.25, 0.3) is 33.3 Å². The van der Waals surface area contributed by atoms with E-state index in [2.05, 4.69) is 42.0 Å². The third kappa shape index (κ3) is 5.05. The Morgan fingerprint density at radius 1 is 1.05 bits per heavy atom. The van der Waals surface area contributed by atoms with Crippen molar-refractivity contribution >= 4 is 11.0 Å². The molecule has 5 heterocycles. The Hall–Kier alpha value is -3.82. The highest BCUT2D eigenvalue weighted by atomic mass is 19.1. The van der Waals surface area contributed by atoms with Gasteiger partial charge in [-0.25, -0.2) is 9.37 Å². The van der Waals surface area contributed by atoms with Gasteiger partial charge in [0.05, 0.1) is 31.1 Å². The van der Waals surface area contributed by atoms with E-state index >= 15 is 0 Å². The van der Waals surface area contributed by atoms with Crippen LogP contribution in [0.4, 0.5) is 4.39 Å². The van der Waals surface area contributed by atoms with E-state index in [1.165, 1.54) is 12.1 Å². The number of rotatable bonds is 7. The van der Waals surface area contributed by atoms with E-state index in [4.69, 9.17) is 0 Å². The smallest absolute Gasteiger partial charge is 0.137 e. The number of aromatic nitrogens is 6. The van der Waals surface area contributed by atoms with Gasteiger partial charge in [-0.2, -0.15) is 10.2 Å². The van der Waals surface area contributed by atoms with E-state index in [-0.39, 0.29) is 11.9 Å². The minimum absolute atomic E-state index is 0.245. The van der Waals surface area contributed by atoms with Crippen LogP contribution in [-0.4, -0.2) is 65.3 Å². The second-order valence-electron chi connectivity index (χ2n) is 9.97. The molecule has 190 valence electrons. The second kappa shape index (κ2) is 9.91. The molecule has 5 aromatic rings. The zero-order valence-corrected chi connectivity index (χ0v) is 20.8. The van der Waals surface area contributed by atoms with Crippen molar-refractivity contribution < 1.29 is 9.50 Å². The summed E-state index contributed by atoms with van der Waals surface area (Å²) in [5, 5.41) is 19.8. The number of aromatic amines is 1. The number of aliphatic hydroxyl groups excluding tert-OH is 1. The molecular weight excluding hydrogens is 469 g/mol. The van der Waals surface area contributed by atoms with E-state index in [0.29, 0.717) is 12.6 Å². The number of benzene rings is 1. The van der Waals surface area contributed by atoms with Gasteiger partial charge in [0.1, 0.15) is 11.5 Å². The number of halogens is 1. The van der Waals surface area contributed by atoms with Crippen LogP contribution in [0.5, 0.6) is 0 Å². The lowest BCUT2D eigenvalue weighted by molar-refractivity contribution is 0.0996. The SMILES string of the molecule is C[C@H](O)CN1CCC(n2cc(-c3cnc4[nH]cc(-c5cnn(Cc6cccc(F)c6)c5)c4c3)cn2)CC1. The van der Waals surface area contributed by atoms with E-state index in [1.54, 1.807) is 6.07 Å². The first-order valence-corrected chi connectivity index (χ1v) is 12.7. The summed E-state index contributed by atoms with van der Waals surface area (Å²) in [5.41, 5.74) is 5.72. The van der Waals surface area contributed by atoms with Crippen molar-refractivity contribution in [2.75, 3.05) is 19.6 Å². The summed E-state index contributed by atoms with van der Waals surface area (Å²) in [4.78, 5) is 10.2. The fourth-order valence-electron chi connectivity index (χ4n) is 5.24. The first-order valence-electron chi connectivity index (χ1n) is 12.7. The summed E-state index contributed by atoms with van der Waals surface area (Å²) in [7, 11) is 0. The molecule has 6 rings (SSSR count). The fourth-order valence-corrected chi connectivity index (χ4v) is 5.24. The lowest BCUT2D eigenvalue weighted by atomic mass is 10.0. The molecule has 1 fully saturated rings. The Balaban J connectivity index is 1.21. The maximum absolute atomic E-state index is 13.6. The lowest BCUT2D eigenvalue weighted by Crippen LogP contribution is -2.38. The molecule has 1 aliphatic heterocycles. The van der Waals surface area contributed by atoms with Gasteiger partial charge in [0.25, 0.3) is 0 Å². The van der Waals surface area contributed by atoms with Crippen LogP contribution in [-0.2, 0) is 6.54 Å². The van der Waals surface area contributed by atoms with Crippen molar-refractivity contribution in [2.24, 2.45) is 0 Å². The quantitative estimate of drug-likeness (QED) is 0.344. The van der Waals surface area contributed by atoms with Crippen molar-refractivity contribution in [2.45, 2.75) is 38.5 Å². The number of fused-ring (bicyclic) bond motifs is 1. The molecule has 9 heteroatoms. The van der Waals surface area contributed by atoms with Crippen LogP contribution >= 0.6 is 0 Å². The van der Waals surface area contributed by atoms with Crippen LogP contribution in [0, 0.1) is 5.82 Å². The minimum Gasteiger partial charge on any atom is -0.392 e. The van der Waals surface area contributed by atoms with Crippen molar-refractivity contribution in [3.63, 3.8) is 0 Å². The third-order valence-corrected chi connectivity index (χ3v) is 7.10. The lowest BCUT2D eigenvalue weighted by Gasteiger charge is -2.32. The largest absolute Gasteiger partial charge is 0.392 e. The number of hydrogen-bond donors (Lipinski definition) is 2. The van der Waals surface area contributed by atoms with E-state index in [0.717, 1.165) is 71.3 Å². The Morgan fingerprint density at radius 3 is 2.70 bits per heavy atom. The molecule has 8 nitrogen and oxygen atoms in total. The summed E-state index contributed by atoms with van der Waals surface area (Å²) >= 11 is 0. The highest BCUT2D eigenvalue weighted by Crippen LogP contribution is 2.32. The molecule has 0 spiro atoms. The molecule has 1 aliphatic rings. The van der Waals surface area contributed by atoms with Gasteiger partial charge in [0.15, 0.2) is 0 Å². The molecule has 0 aliphatic carbocycles. The van der Waals surface area contributed by atoms with Crippen molar-refractivity contribution in [3.05, 3.63) is 78.9 Å². The summed E-state index contributed by atoms with van der Waals surface area (Å²) < 4.78 is 17.5. The summed E-state index contributed by atoms with van der Waals surface area (Å²) in [6.45, 7) is 5.01. The number of β-amino-alcohol motifs (C(OH)–C–C–N with tert-alkyl or cyclic N) is 1. The molecule has 0 amide bonds. The molecule has 0 bridgehead atoms.